The fraction of sp³-hybridized carbons (Fsp3) is 0.545. The summed E-state index contributed by atoms with van der Waals surface area (Å²) in [5.41, 5.74) is 4.18. The molecule has 0 bridgehead atoms. The first-order valence-corrected chi connectivity index (χ1v) is 12.1. The number of hydrogen-bond donors (Lipinski definition) is 3. The van der Waals surface area contributed by atoms with Gasteiger partial charge in [-0.25, -0.2) is 13.9 Å². The van der Waals surface area contributed by atoms with Crippen LogP contribution in [0.4, 0.5) is 0 Å². The van der Waals surface area contributed by atoms with Gasteiger partial charge < -0.3 is 0 Å². The van der Waals surface area contributed by atoms with Crippen molar-refractivity contribution >= 4 is 27.9 Å². The van der Waals surface area contributed by atoms with Gasteiger partial charge in [0.15, 0.2) is 0 Å². The van der Waals surface area contributed by atoms with E-state index in [1.165, 1.54) is 0 Å². The summed E-state index contributed by atoms with van der Waals surface area (Å²) in [5.74, 6) is -2.95. The molecule has 8 nitrogen and oxygen atoms in total. The molecule has 0 spiro atoms. The third kappa shape index (κ3) is 8.80. The van der Waals surface area contributed by atoms with Gasteiger partial charge in [-0.2, -0.15) is 0 Å². The molecule has 0 aliphatic carbocycles. The van der Waals surface area contributed by atoms with Gasteiger partial charge in [0.05, 0.1) is 18.1 Å². The van der Waals surface area contributed by atoms with Crippen LogP contribution in [0.25, 0.3) is 6.08 Å². The largest absolute Gasteiger partial charge is 0.289 e. The Kier molecular flexibility index (Phi) is 9.86. The first kappa shape index (κ1) is 26.8. The lowest BCUT2D eigenvalue weighted by atomic mass is 9.82. The lowest BCUT2D eigenvalue weighted by Crippen LogP contribution is -2.57. The number of nitrogens with one attached hydrogen (secondary N) is 2. The van der Waals surface area contributed by atoms with E-state index in [9.17, 15) is 23.2 Å². The topological polar surface area (TPSA) is 116 Å². The van der Waals surface area contributed by atoms with E-state index < -0.39 is 39.2 Å². The van der Waals surface area contributed by atoms with E-state index >= 15 is 0 Å². The van der Waals surface area contributed by atoms with Crippen LogP contribution < -0.4 is 10.9 Å². The molecule has 0 heterocycles. The lowest BCUT2D eigenvalue weighted by Gasteiger charge is -2.35. The van der Waals surface area contributed by atoms with Gasteiger partial charge in [0, 0.05) is 5.54 Å². The van der Waals surface area contributed by atoms with Crippen LogP contribution in [0.3, 0.4) is 0 Å². The van der Waals surface area contributed by atoms with Gasteiger partial charge >= 0.3 is 0 Å². The first-order valence-electron chi connectivity index (χ1n) is 10.2. The molecular weight excluding hydrogens is 418 g/mol. The number of allylic oxidation sites excluding steroid dienone is 1. The molecule has 0 aliphatic rings. The summed E-state index contributed by atoms with van der Waals surface area (Å²) in [6.07, 6.45) is 5.15. The van der Waals surface area contributed by atoms with Crippen molar-refractivity contribution in [1.29, 1.82) is 0 Å². The summed E-state index contributed by atoms with van der Waals surface area (Å²) in [4.78, 5) is 25.6. The SMILES string of the molecule is CC(C)C[C@@H](C(=O)NN(C(C)(C)C)S(C)(=O)=O)[C@H](C/C=C/c1ccccc1)C(=O)NO. The molecule has 0 aliphatic heterocycles. The molecule has 174 valence electrons. The molecule has 31 heavy (non-hydrogen) atoms. The van der Waals surface area contributed by atoms with E-state index in [2.05, 4.69) is 5.43 Å². The van der Waals surface area contributed by atoms with Crippen molar-refractivity contribution in [2.75, 3.05) is 6.26 Å². The second kappa shape index (κ2) is 11.4. The van der Waals surface area contributed by atoms with E-state index in [4.69, 9.17) is 0 Å². The molecule has 0 fully saturated rings. The number of rotatable bonds is 10. The van der Waals surface area contributed by atoms with Crippen molar-refractivity contribution in [2.45, 2.75) is 53.0 Å². The maximum Gasteiger partial charge on any atom is 0.247 e. The Morgan fingerprint density at radius 3 is 2.13 bits per heavy atom. The highest BCUT2D eigenvalue weighted by Crippen LogP contribution is 2.26. The molecule has 0 unspecified atom stereocenters. The number of carbonyl (C=O) groups excluding carboxylic acids is 2. The molecule has 0 saturated carbocycles. The second-order valence-corrected chi connectivity index (χ2v) is 10.9. The number of nitrogens with zero attached hydrogens (tertiary/aromatic N) is 1. The average Bonchev–Trinajstić information content (AvgIpc) is 2.66. The minimum atomic E-state index is -3.75. The fourth-order valence-electron chi connectivity index (χ4n) is 3.34. The Morgan fingerprint density at radius 2 is 1.68 bits per heavy atom. The van der Waals surface area contributed by atoms with E-state index in [0.717, 1.165) is 16.2 Å². The van der Waals surface area contributed by atoms with Gasteiger partial charge in [-0.15, -0.1) is 4.41 Å². The first-order chi connectivity index (χ1) is 14.3. The number of hydroxylamine groups is 1. The van der Waals surface area contributed by atoms with Crippen molar-refractivity contribution in [3.05, 3.63) is 42.0 Å². The molecule has 1 aromatic carbocycles. The number of hydrogen-bond acceptors (Lipinski definition) is 5. The van der Waals surface area contributed by atoms with E-state index in [0.29, 0.717) is 6.42 Å². The van der Waals surface area contributed by atoms with Crippen LogP contribution in [-0.4, -0.2) is 41.6 Å². The Morgan fingerprint density at radius 1 is 1.10 bits per heavy atom. The number of amides is 2. The molecule has 0 radical (unpaired) electrons. The highest BCUT2D eigenvalue weighted by molar-refractivity contribution is 7.88. The van der Waals surface area contributed by atoms with Crippen LogP contribution >= 0.6 is 0 Å². The van der Waals surface area contributed by atoms with Gasteiger partial charge in [-0.3, -0.25) is 20.2 Å². The van der Waals surface area contributed by atoms with Crippen LogP contribution in [-0.2, 0) is 19.6 Å². The maximum absolute atomic E-state index is 13.2. The van der Waals surface area contributed by atoms with Crippen molar-refractivity contribution in [3.63, 3.8) is 0 Å². The van der Waals surface area contributed by atoms with Gasteiger partial charge in [-0.05, 0) is 45.1 Å². The molecule has 0 aromatic heterocycles. The summed E-state index contributed by atoms with van der Waals surface area (Å²) >= 11 is 0. The molecule has 1 rings (SSSR count). The molecule has 2 amide bonds. The zero-order chi connectivity index (χ0) is 23.8. The smallest absolute Gasteiger partial charge is 0.247 e. The Labute approximate surface area is 185 Å². The summed E-state index contributed by atoms with van der Waals surface area (Å²) in [6.45, 7) is 8.79. The summed E-state index contributed by atoms with van der Waals surface area (Å²) in [7, 11) is -3.75. The zero-order valence-corrected chi connectivity index (χ0v) is 19.9. The maximum atomic E-state index is 13.2. The molecule has 9 heteroatoms. The average molecular weight is 454 g/mol. The predicted molar refractivity (Wildman–Crippen MR) is 121 cm³/mol. The van der Waals surface area contributed by atoms with Gasteiger partial charge in [0.2, 0.25) is 21.8 Å². The lowest BCUT2D eigenvalue weighted by molar-refractivity contribution is -0.142. The van der Waals surface area contributed by atoms with E-state index in [1.807, 2.05) is 50.3 Å². The monoisotopic (exact) mass is 453 g/mol. The standard InChI is InChI=1S/C22H35N3O5S/c1-16(2)15-19(20(26)23-25(22(3,4)5)31(6,29)30)18(21(27)24-28)14-10-13-17-11-8-7-9-12-17/h7-13,16,18-19,28H,14-15H2,1-6H3,(H,23,26)(H,24,27)/b13-10+/t18-,19+/m0/s1. The minimum absolute atomic E-state index is 0.0594. The highest BCUT2D eigenvalue weighted by Gasteiger charge is 2.38. The van der Waals surface area contributed by atoms with Crippen molar-refractivity contribution < 1.29 is 23.2 Å². The third-order valence-electron chi connectivity index (χ3n) is 4.65. The third-order valence-corrected chi connectivity index (χ3v) is 5.95. The Hall–Kier alpha value is -2.23. The van der Waals surface area contributed by atoms with Gasteiger partial charge in [0.25, 0.3) is 0 Å². The Bertz CT molecular complexity index is 861. The molecule has 2 atom stereocenters. The quantitative estimate of drug-likeness (QED) is 0.372. The van der Waals surface area contributed by atoms with Crippen molar-refractivity contribution in [1.82, 2.24) is 15.3 Å². The fourth-order valence-corrected chi connectivity index (χ4v) is 4.60. The van der Waals surface area contributed by atoms with Gasteiger partial charge in [-0.1, -0.05) is 56.3 Å². The number of sulfonamides is 1. The summed E-state index contributed by atoms with van der Waals surface area (Å²) in [5, 5.41) is 9.27. The molecule has 3 N–H and O–H groups in total. The van der Waals surface area contributed by atoms with Crippen LogP contribution in [0.5, 0.6) is 0 Å². The van der Waals surface area contributed by atoms with Crippen LogP contribution in [0.1, 0.15) is 53.0 Å². The number of benzene rings is 1. The highest BCUT2D eigenvalue weighted by atomic mass is 32.2. The molecular formula is C22H35N3O5S. The van der Waals surface area contributed by atoms with E-state index in [-0.39, 0.29) is 12.3 Å². The predicted octanol–water partition coefficient (Wildman–Crippen LogP) is 2.97. The molecule has 0 saturated heterocycles. The van der Waals surface area contributed by atoms with Crippen LogP contribution in [0.2, 0.25) is 0 Å². The van der Waals surface area contributed by atoms with Crippen LogP contribution in [0.15, 0.2) is 36.4 Å². The minimum Gasteiger partial charge on any atom is -0.289 e. The molecule has 1 aromatic rings. The number of hydrazine groups is 1. The normalized spacial score (nSPS) is 14.6. The second-order valence-electron chi connectivity index (χ2n) is 9.04. The van der Waals surface area contributed by atoms with Gasteiger partial charge in [0.1, 0.15) is 0 Å². The summed E-state index contributed by atoms with van der Waals surface area (Å²) < 4.78 is 25.4. The summed E-state index contributed by atoms with van der Waals surface area (Å²) in [6, 6.07) is 9.48. The van der Waals surface area contributed by atoms with E-state index in [1.54, 1.807) is 32.3 Å². The van der Waals surface area contributed by atoms with Crippen LogP contribution in [0, 0.1) is 17.8 Å². The van der Waals surface area contributed by atoms with Crippen molar-refractivity contribution in [3.8, 4) is 0 Å². The van der Waals surface area contributed by atoms with Crippen molar-refractivity contribution in [2.24, 2.45) is 17.8 Å². The number of carbonyl (C=O) groups is 2. The Balaban J connectivity index is 3.21. The zero-order valence-electron chi connectivity index (χ0n) is 19.1.